The minimum absolute atomic E-state index is 0.301. The highest BCUT2D eigenvalue weighted by molar-refractivity contribution is 6.32. The summed E-state index contributed by atoms with van der Waals surface area (Å²) in [6.45, 7) is 4.48. The van der Waals surface area contributed by atoms with Crippen LogP contribution in [-0.2, 0) is 22.4 Å². The number of carbonyl (C=O) groups is 2. The quantitative estimate of drug-likeness (QED) is 0.0579. The molecule has 0 aromatic heterocycles. The van der Waals surface area contributed by atoms with E-state index in [0.29, 0.717) is 47.2 Å². The van der Waals surface area contributed by atoms with Crippen molar-refractivity contribution >= 4 is 35.1 Å². The fourth-order valence-electron chi connectivity index (χ4n) is 7.07. The maximum absolute atomic E-state index is 13.1. The molecule has 6 heteroatoms. The average molecular weight is 742 g/mol. The van der Waals surface area contributed by atoms with Crippen molar-refractivity contribution in [3.05, 3.63) is 106 Å². The second kappa shape index (κ2) is 20.6. The van der Waals surface area contributed by atoms with Crippen LogP contribution in [-0.4, -0.2) is 11.9 Å². The van der Waals surface area contributed by atoms with Gasteiger partial charge >= 0.3 is 11.9 Å². The van der Waals surface area contributed by atoms with E-state index in [-0.39, 0.29) is 23.8 Å². The lowest BCUT2D eigenvalue weighted by Crippen LogP contribution is -2.30. The van der Waals surface area contributed by atoms with E-state index >= 15 is 0 Å². The van der Waals surface area contributed by atoms with Gasteiger partial charge in [-0.15, -0.1) is 0 Å². The molecule has 52 heavy (non-hydrogen) atoms. The molecule has 1 aliphatic rings. The van der Waals surface area contributed by atoms with Crippen molar-refractivity contribution in [2.24, 2.45) is 11.8 Å². The number of unbranched alkanes of at least 4 members (excludes halogenated alkanes) is 8. The standard InChI is InChI=1S/C46H54Cl2O4/c1-3-5-7-9-11-13-33-15-19-35(20-16-33)39-27-29-43(41(47)31-39)51-45(49)37-23-25-38(26-24-37)46(50)52-44-30-28-40(32-42(44)48)36-21-17-34(18-22-36)14-12-10-8-6-4-2/h15-22,27-32,37-38H,3-14,23-26H2,1-2H3. The van der Waals surface area contributed by atoms with Gasteiger partial charge < -0.3 is 9.47 Å². The first-order chi connectivity index (χ1) is 25.3. The molecule has 4 aromatic carbocycles. The zero-order valence-electron chi connectivity index (χ0n) is 30.9. The Balaban J connectivity index is 1.06. The number of ether oxygens (including phenoxy) is 2. The number of benzene rings is 4. The third-order valence-corrected chi connectivity index (χ3v) is 11.0. The average Bonchev–Trinajstić information content (AvgIpc) is 3.17. The lowest BCUT2D eigenvalue weighted by molar-refractivity contribution is -0.145. The Morgan fingerprint density at radius 1 is 0.500 bits per heavy atom. The number of rotatable bonds is 18. The second-order valence-electron chi connectivity index (χ2n) is 14.4. The summed E-state index contributed by atoms with van der Waals surface area (Å²) in [5, 5.41) is 0.799. The molecule has 0 bridgehead atoms. The molecule has 0 radical (unpaired) electrons. The predicted octanol–water partition coefficient (Wildman–Crippen LogP) is 13.7. The van der Waals surface area contributed by atoms with Crippen molar-refractivity contribution in [3.63, 3.8) is 0 Å². The summed E-state index contributed by atoms with van der Waals surface area (Å²) in [7, 11) is 0. The zero-order chi connectivity index (χ0) is 36.7. The molecule has 4 aromatic rings. The largest absolute Gasteiger partial charge is 0.425 e. The summed E-state index contributed by atoms with van der Waals surface area (Å²) in [6, 6.07) is 28.3. The third-order valence-electron chi connectivity index (χ3n) is 10.4. The van der Waals surface area contributed by atoms with Crippen LogP contribution in [0.4, 0.5) is 0 Å². The first kappa shape index (κ1) is 39.6. The van der Waals surface area contributed by atoms with Crippen molar-refractivity contribution in [1.82, 2.24) is 0 Å². The van der Waals surface area contributed by atoms with Gasteiger partial charge in [0, 0.05) is 0 Å². The van der Waals surface area contributed by atoms with Gasteiger partial charge in [-0.2, -0.15) is 0 Å². The van der Waals surface area contributed by atoms with Crippen LogP contribution in [0.5, 0.6) is 11.5 Å². The maximum Gasteiger partial charge on any atom is 0.314 e. The SMILES string of the molecule is CCCCCCCc1ccc(-c2ccc(OC(=O)C3CCC(C(=O)Oc4ccc(-c5ccc(CCCCCCC)cc5)cc4Cl)CC3)c(Cl)c2)cc1. The summed E-state index contributed by atoms with van der Waals surface area (Å²) in [4.78, 5) is 26.2. The van der Waals surface area contributed by atoms with Gasteiger partial charge in [0.2, 0.25) is 0 Å². The topological polar surface area (TPSA) is 52.6 Å². The van der Waals surface area contributed by atoms with Gasteiger partial charge in [0.1, 0.15) is 11.5 Å². The maximum atomic E-state index is 13.1. The Morgan fingerprint density at radius 3 is 1.19 bits per heavy atom. The molecule has 0 spiro atoms. The lowest BCUT2D eigenvalue weighted by atomic mass is 9.82. The van der Waals surface area contributed by atoms with E-state index in [9.17, 15) is 9.59 Å². The van der Waals surface area contributed by atoms with Crippen LogP contribution >= 0.6 is 23.2 Å². The monoisotopic (exact) mass is 740 g/mol. The van der Waals surface area contributed by atoms with Gasteiger partial charge in [0.15, 0.2) is 0 Å². The summed E-state index contributed by atoms with van der Waals surface area (Å²) in [5.74, 6) is -0.527. The number of esters is 2. The van der Waals surface area contributed by atoms with Gasteiger partial charge in [0.05, 0.1) is 21.9 Å². The van der Waals surface area contributed by atoms with E-state index < -0.39 is 0 Å². The van der Waals surface area contributed by atoms with Crippen molar-refractivity contribution in [2.75, 3.05) is 0 Å². The summed E-state index contributed by atoms with van der Waals surface area (Å²) >= 11 is 13.2. The summed E-state index contributed by atoms with van der Waals surface area (Å²) in [6.07, 6.45) is 17.1. The number of halogens is 2. The molecule has 1 aliphatic carbocycles. The lowest BCUT2D eigenvalue weighted by Gasteiger charge is -2.26. The molecule has 0 saturated heterocycles. The molecule has 0 unspecified atom stereocenters. The van der Waals surface area contributed by atoms with Crippen LogP contribution in [0.3, 0.4) is 0 Å². The van der Waals surface area contributed by atoms with E-state index in [0.717, 1.165) is 35.1 Å². The Kier molecular flexibility index (Phi) is 15.7. The predicted molar refractivity (Wildman–Crippen MR) is 215 cm³/mol. The van der Waals surface area contributed by atoms with E-state index in [1.807, 2.05) is 24.3 Å². The summed E-state index contributed by atoms with van der Waals surface area (Å²) < 4.78 is 11.5. The Morgan fingerprint density at radius 2 is 0.846 bits per heavy atom. The number of aryl methyl sites for hydroxylation is 2. The minimum Gasteiger partial charge on any atom is -0.425 e. The number of hydrogen-bond acceptors (Lipinski definition) is 4. The van der Waals surface area contributed by atoms with Crippen LogP contribution in [0.1, 0.15) is 115 Å². The van der Waals surface area contributed by atoms with Crippen molar-refractivity contribution in [2.45, 2.75) is 117 Å². The third kappa shape index (κ3) is 11.7. The zero-order valence-corrected chi connectivity index (χ0v) is 32.5. The van der Waals surface area contributed by atoms with Crippen LogP contribution in [0.25, 0.3) is 22.3 Å². The smallest absolute Gasteiger partial charge is 0.314 e. The van der Waals surface area contributed by atoms with E-state index in [2.05, 4.69) is 62.4 Å². The number of hydrogen-bond donors (Lipinski definition) is 0. The van der Waals surface area contributed by atoms with Gasteiger partial charge in [-0.25, -0.2) is 0 Å². The fraction of sp³-hybridized carbons (Fsp3) is 0.435. The summed E-state index contributed by atoms with van der Waals surface area (Å²) in [5.41, 5.74) is 6.79. The van der Waals surface area contributed by atoms with E-state index in [4.69, 9.17) is 32.7 Å². The van der Waals surface area contributed by atoms with Crippen LogP contribution in [0, 0.1) is 11.8 Å². The molecule has 0 aliphatic heterocycles. The van der Waals surface area contributed by atoms with Crippen molar-refractivity contribution in [1.29, 1.82) is 0 Å². The van der Waals surface area contributed by atoms with Crippen LogP contribution < -0.4 is 9.47 Å². The minimum atomic E-state index is -0.316. The first-order valence-corrected chi connectivity index (χ1v) is 20.3. The molecule has 0 atom stereocenters. The molecule has 1 saturated carbocycles. The Hall–Kier alpha value is -3.60. The van der Waals surface area contributed by atoms with Crippen molar-refractivity contribution < 1.29 is 19.1 Å². The van der Waals surface area contributed by atoms with Gasteiger partial charge in [-0.1, -0.05) is 149 Å². The van der Waals surface area contributed by atoms with Gasteiger partial charge in [-0.05, 0) is 109 Å². The normalized spacial score (nSPS) is 15.7. The first-order valence-electron chi connectivity index (χ1n) is 19.6. The molecule has 5 rings (SSSR count). The molecular weight excluding hydrogens is 687 g/mol. The molecule has 4 nitrogen and oxygen atoms in total. The molecule has 0 amide bonds. The van der Waals surface area contributed by atoms with E-state index in [1.165, 1.54) is 75.3 Å². The molecule has 1 fully saturated rings. The van der Waals surface area contributed by atoms with Crippen LogP contribution in [0.2, 0.25) is 10.0 Å². The van der Waals surface area contributed by atoms with E-state index in [1.54, 1.807) is 12.1 Å². The highest BCUT2D eigenvalue weighted by Crippen LogP contribution is 2.36. The molecule has 0 heterocycles. The van der Waals surface area contributed by atoms with Gasteiger partial charge in [0.25, 0.3) is 0 Å². The van der Waals surface area contributed by atoms with Crippen molar-refractivity contribution in [3.8, 4) is 33.8 Å². The number of carbonyl (C=O) groups excluding carboxylic acids is 2. The fourth-order valence-corrected chi connectivity index (χ4v) is 7.51. The Labute approximate surface area is 321 Å². The van der Waals surface area contributed by atoms with Crippen LogP contribution in [0.15, 0.2) is 84.9 Å². The molecule has 0 N–H and O–H groups in total. The van der Waals surface area contributed by atoms with Gasteiger partial charge in [-0.3, -0.25) is 9.59 Å². The Bertz CT molecular complexity index is 1590. The second-order valence-corrected chi connectivity index (χ2v) is 15.2. The molecule has 276 valence electrons. The highest BCUT2D eigenvalue weighted by Gasteiger charge is 2.32. The molecular formula is C46H54Cl2O4. The highest BCUT2D eigenvalue weighted by atomic mass is 35.5.